The van der Waals surface area contributed by atoms with E-state index in [4.69, 9.17) is 41.7 Å². The van der Waals surface area contributed by atoms with E-state index in [1.54, 1.807) is 6.07 Å². The van der Waals surface area contributed by atoms with Gasteiger partial charge in [-0.15, -0.1) is 0 Å². The second kappa shape index (κ2) is 44.9. The Kier molecular flexibility index (Phi) is 39.5. The summed E-state index contributed by atoms with van der Waals surface area (Å²) in [6.07, 6.45) is 33.4. The van der Waals surface area contributed by atoms with E-state index < -0.39 is 23.7 Å². The number of hydrogen-bond donors (Lipinski definition) is 3. The van der Waals surface area contributed by atoms with Gasteiger partial charge in [0, 0.05) is 136 Å². The summed E-state index contributed by atoms with van der Waals surface area (Å²) in [5.41, 5.74) is 16.2. The van der Waals surface area contributed by atoms with Crippen molar-refractivity contribution in [2.45, 2.75) is 328 Å². The summed E-state index contributed by atoms with van der Waals surface area (Å²) in [5, 5.41) is 19.3. The summed E-state index contributed by atoms with van der Waals surface area (Å²) in [5.74, 6) is -8.69. The number of nitriles is 2. The van der Waals surface area contributed by atoms with Crippen molar-refractivity contribution in [3.05, 3.63) is 80.7 Å². The third-order valence-corrected chi connectivity index (χ3v) is 21.8. The van der Waals surface area contributed by atoms with Crippen molar-refractivity contribution in [1.29, 1.82) is 10.5 Å². The molecule has 1 atom stereocenters. The predicted octanol–water partition coefficient (Wildman–Crippen LogP) is 21.3. The lowest BCUT2D eigenvalue weighted by Crippen LogP contribution is -2.42. The van der Waals surface area contributed by atoms with E-state index in [1.165, 1.54) is 116 Å². The molecule has 0 aromatic carbocycles. The van der Waals surface area contributed by atoms with Gasteiger partial charge in [0.2, 0.25) is 23.7 Å². The fourth-order valence-corrected chi connectivity index (χ4v) is 15.8. The van der Waals surface area contributed by atoms with E-state index >= 15 is 0 Å². The second-order valence-corrected chi connectivity index (χ2v) is 31.9. The topological polar surface area (TPSA) is 227 Å². The lowest BCUT2D eigenvalue weighted by Gasteiger charge is -2.44. The van der Waals surface area contributed by atoms with E-state index in [2.05, 4.69) is 39.8 Å². The molecule has 10 aliphatic carbocycles. The van der Waals surface area contributed by atoms with E-state index in [0.717, 1.165) is 85.9 Å². The lowest BCUT2D eigenvalue weighted by atomic mass is 9.65. The highest BCUT2D eigenvalue weighted by Gasteiger charge is 2.48. The summed E-state index contributed by atoms with van der Waals surface area (Å²) >= 11 is 0. The molecule has 0 aromatic rings. The van der Waals surface area contributed by atoms with E-state index in [1.807, 2.05) is 13.8 Å². The van der Waals surface area contributed by atoms with Crippen molar-refractivity contribution >= 4 is 35.7 Å². The summed E-state index contributed by atoms with van der Waals surface area (Å²) in [6.45, 7) is 32.3. The zero-order valence-electron chi connectivity index (χ0n) is 62.4. The highest BCUT2D eigenvalue weighted by molar-refractivity contribution is 6.02. The molecule has 22 heteroatoms. The quantitative estimate of drug-likeness (QED) is 0.0940. The molecular formula is C81H118F8N8O6. The molecule has 5 N–H and O–H groups in total. The van der Waals surface area contributed by atoms with Gasteiger partial charge in [0.1, 0.15) is 29.9 Å². The Balaban J connectivity index is 0.000000320. The van der Waals surface area contributed by atoms with Crippen molar-refractivity contribution < 1.29 is 63.9 Å². The van der Waals surface area contributed by atoms with Crippen LogP contribution in [0.4, 0.5) is 35.1 Å². The number of allylic oxidation sites excluding steroid dienone is 5. The molecule has 9 saturated carbocycles. The number of carbonyl (C=O) groups is 6. The normalized spacial score (nSPS) is 25.1. The first-order chi connectivity index (χ1) is 48.5. The monoisotopic (exact) mass is 1450 g/mol. The predicted molar refractivity (Wildman–Crippen MR) is 384 cm³/mol. The van der Waals surface area contributed by atoms with Crippen molar-refractivity contribution in [2.24, 2.45) is 75.6 Å². The Hall–Kier alpha value is -6.73. The van der Waals surface area contributed by atoms with Crippen LogP contribution >= 0.6 is 0 Å². The number of hydrogen-bond acceptors (Lipinski definition) is 11. The maximum atomic E-state index is 13.8. The third kappa shape index (κ3) is 34.4. The Morgan fingerprint density at radius 3 is 1.19 bits per heavy atom. The fourth-order valence-electron chi connectivity index (χ4n) is 15.8. The minimum Gasteiger partial charge on any atom is -0.411 e. The van der Waals surface area contributed by atoms with Crippen LogP contribution in [0.3, 0.4) is 0 Å². The molecule has 9 fully saturated rings. The number of nitrogens with one attached hydrogen (secondary N) is 1. The number of alkyl halides is 8. The molecule has 1 heterocycles. The summed E-state index contributed by atoms with van der Waals surface area (Å²) in [7, 11) is 0. The Morgan fingerprint density at radius 1 is 0.515 bits per heavy atom. The molecular weight excluding hydrogens is 1330 g/mol. The number of carbonyl (C=O) groups excluding carboxylic acids is 6. The number of rotatable bonds is 7. The van der Waals surface area contributed by atoms with Crippen molar-refractivity contribution in [3.8, 4) is 12.1 Å². The summed E-state index contributed by atoms with van der Waals surface area (Å²) in [4.78, 5) is 76.3. The van der Waals surface area contributed by atoms with E-state index in [9.17, 15) is 63.9 Å². The van der Waals surface area contributed by atoms with Crippen LogP contribution in [-0.4, -0.2) is 59.4 Å². The first kappa shape index (κ1) is 90.5. The Morgan fingerprint density at radius 2 is 0.864 bits per heavy atom. The second-order valence-electron chi connectivity index (χ2n) is 31.9. The maximum absolute atomic E-state index is 13.8. The van der Waals surface area contributed by atoms with Crippen molar-refractivity contribution in [2.75, 3.05) is 0 Å². The molecule has 0 aromatic heterocycles. The molecule has 103 heavy (non-hydrogen) atoms. The average Bonchev–Trinajstić information content (AvgIpc) is 0.741. The van der Waals surface area contributed by atoms with Crippen LogP contribution < -0.4 is 16.8 Å². The highest BCUT2D eigenvalue weighted by Crippen LogP contribution is 2.52. The van der Waals surface area contributed by atoms with Crippen LogP contribution in [0.25, 0.3) is 14.5 Å². The van der Waals surface area contributed by atoms with Gasteiger partial charge >= 0.3 is 0 Å². The van der Waals surface area contributed by atoms with Gasteiger partial charge in [-0.2, -0.15) is 10.5 Å². The van der Waals surface area contributed by atoms with Crippen molar-refractivity contribution in [1.82, 2.24) is 5.32 Å². The smallest absolute Gasteiger partial charge is 0.248 e. The molecule has 14 nitrogen and oxygen atoms in total. The highest BCUT2D eigenvalue weighted by atomic mass is 19.3. The minimum atomic E-state index is -2.60. The molecule has 0 spiro atoms. The fraction of sp³-hybridized carbons (Fsp3) is 0.765. The minimum absolute atomic E-state index is 0.0328. The summed E-state index contributed by atoms with van der Waals surface area (Å²) in [6, 6.07) is 4.05. The number of aldehydes is 2. The number of Topliss-reactive ketones (excluding diaryl/α,β-unsaturated/α-hetero) is 4. The SMILES string of the molecule is CC#N.CC(=O)C1CCC(F)(F)CC1.CC1(C)CC(=O)CC(=O)C1.N#CC1CCCCC1.O=CC1CCC(F)(F)CC1.O=CC1CCC(F)(F)CC1.[C-]#[N+]C1=C(C2CCCCC2)NC2=C(C(=O)CC(C)(C)C2)C1C1CCC(F)(F)CC1.[C-]#[N+]C=C(N)C1CCCCC1.[C-]#[N+]C=C(N)C1CCCCC1. The molecule has 574 valence electrons. The molecule has 1 aliphatic heterocycles. The lowest BCUT2D eigenvalue weighted by molar-refractivity contribution is -0.133. The van der Waals surface area contributed by atoms with Gasteiger partial charge in [0.05, 0.1) is 38.3 Å². The number of nitrogens with zero attached hydrogens (tertiary/aromatic N) is 5. The molecule has 0 amide bonds. The van der Waals surface area contributed by atoms with Crippen LogP contribution in [0, 0.1) is 106 Å². The van der Waals surface area contributed by atoms with Crippen LogP contribution in [0.5, 0.6) is 0 Å². The van der Waals surface area contributed by atoms with Gasteiger partial charge in [-0.25, -0.2) is 49.7 Å². The van der Waals surface area contributed by atoms with Crippen LogP contribution in [0.2, 0.25) is 0 Å². The summed E-state index contributed by atoms with van der Waals surface area (Å²) < 4.78 is 102. The van der Waals surface area contributed by atoms with Crippen molar-refractivity contribution in [3.63, 3.8) is 0 Å². The van der Waals surface area contributed by atoms with Gasteiger partial charge in [-0.05, 0) is 151 Å². The van der Waals surface area contributed by atoms with E-state index in [-0.39, 0.29) is 121 Å². The first-order valence-corrected chi connectivity index (χ1v) is 38.0. The van der Waals surface area contributed by atoms with Gasteiger partial charge in [-0.3, -0.25) is 19.2 Å². The number of nitrogens with two attached hydrogens (primary N) is 2. The maximum Gasteiger partial charge on any atom is 0.248 e. The molecule has 11 aliphatic rings. The third-order valence-electron chi connectivity index (χ3n) is 21.8. The molecule has 0 saturated heterocycles. The van der Waals surface area contributed by atoms with Gasteiger partial charge in [0.25, 0.3) is 0 Å². The standard InChI is InChI=1S/C24H32F2N2O.2C9H14N2.C8H12F2O.C8H12O2.2C7H10F2O.C7H11N.C2H3N/c1-23(2)13-17-20(18(29)14-23)19(15-9-11-24(25,26)12-10-15)22(27-3)21(28-17)16-7-5-4-6-8-16;2*1-11-7-9(10)8-5-3-2-4-6-8;1-6(11)7-2-4-8(9,10)5-3-7;1-8(2)4-6(9)3-7(10)5-8;2*8-7(9)3-1-6(5-10)2-4-7;8-6-7-4-2-1-3-5-7;1-2-3/h15-16,19,28H,4-14H2,1-2H3;2*7-8H,2-6,10H2;7H,2-5H2,1H3;3-5H2,1-2H3;2*5-6H,1-4H2;7H,1-5H2;1H3. The largest absolute Gasteiger partial charge is 0.411 e. The first-order valence-electron chi connectivity index (χ1n) is 38.0. The number of dihydropyridines is 1. The van der Waals surface area contributed by atoms with Crippen LogP contribution in [0.1, 0.15) is 305 Å². The Labute approximate surface area is 609 Å². The Bertz CT molecular complexity index is 2950. The van der Waals surface area contributed by atoms with Gasteiger partial charge < -0.3 is 26.4 Å². The van der Waals surface area contributed by atoms with Gasteiger partial charge in [-0.1, -0.05) is 105 Å². The zero-order chi connectivity index (χ0) is 77.0. The van der Waals surface area contributed by atoms with Gasteiger partial charge in [0.15, 0.2) is 23.9 Å². The molecule has 0 bridgehead atoms. The number of ketones is 4. The molecule has 0 radical (unpaired) electrons. The van der Waals surface area contributed by atoms with Crippen LogP contribution in [-0.2, 0) is 28.8 Å². The zero-order valence-corrected chi connectivity index (χ0v) is 62.4. The molecule has 1 unspecified atom stereocenters. The average molecular weight is 1450 g/mol. The van der Waals surface area contributed by atoms with Crippen LogP contribution in [0.15, 0.2) is 46.5 Å². The molecule has 11 rings (SSSR count). The van der Waals surface area contributed by atoms with E-state index in [0.29, 0.717) is 100.0 Å². The number of halogens is 8.